The van der Waals surface area contributed by atoms with Crippen LogP contribution in [0.3, 0.4) is 0 Å². The number of nitrogens with one attached hydrogen (secondary N) is 2. The van der Waals surface area contributed by atoms with Crippen LogP contribution in [0.5, 0.6) is 5.75 Å². The highest BCUT2D eigenvalue weighted by Crippen LogP contribution is 2.44. The first kappa shape index (κ1) is 14.1. The molecule has 23 heavy (non-hydrogen) atoms. The van der Waals surface area contributed by atoms with E-state index in [2.05, 4.69) is 22.8 Å². The second kappa shape index (κ2) is 5.28. The zero-order valence-electron chi connectivity index (χ0n) is 13.0. The summed E-state index contributed by atoms with van der Waals surface area (Å²) in [6.45, 7) is 1.57. The molecule has 2 amide bonds. The Bertz CT molecular complexity index is 747. The first-order valence-corrected chi connectivity index (χ1v) is 7.83. The van der Waals surface area contributed by atoms with Crippen molar-refractivity contribution in [1.29, 1.82) is 0 Å². The highest BCUT2D eigenvalue weighted by Gasteiger charge is 2.49. The van der Waals surface area contributed by atoms with Gasteiger partial charge in [0.05, 0.1) is 7.11 Å². The SMILES string of the molecule is COc1ccc2c(c1)C1(c3ccccc3)NCCCN1C(=O)N2. The molecule has 2 heterocycles. The molecule has 2 N–H and O–H groups in total. The summed E-state index contributed by atoms with van der Waals surface area (Å²) >= 11 is 0. The van der Waals surface area contributed by atoms with Crippen molar-refractivity contribution in [2.45, 2.75) is 12.1 Å². The van der Waals surface area contributed by atoms with Crippen LogP contribution in [0.15, 0.2) is 48.5 Å². The Morgan fingerprint density at radius 3 is 2.78 bits per heavy atom. The number of fused-ring (bicyclic) bond motifs is 3. The van der Waals surface area contributed by atoms with E-state index in [1.165, 1.54) is 0 Å². The molecular formula is C18H19N3O2. The van der Waals surface area contributed by atoms with E-state index >= 15 is 0 Å². The summed E-state index contributed by atoms with van der Waals surface area (Å²) in [6.07, 6.45) is 0.932. The van der Waals surface area contributed by atoms with Crippen molar-refractivity contribution in [1.82, 2.24) is 10.2 Å². The molecule has 5 nitrogen and oxygen atoms in total. The molecule has 1 unspecified atom stereocenters. The Kier molecular flexibility index (Phi) is 3.23. The van der Waals surface area contributed by atoms with Crippen molar-refractivity contribution < 1.29 is 9.53 Å². The third-order valence-electron chi connectivity index (χ3n) is 4.64. The minimum Gasteiger partial charge on any atom is -0.497 e. The van der Waals surface area contributed by atoms with Crippen LogP contribution in [0.2, 0.25) is 0 Å². The predicted octanol–water partition coefficient (Wildman–Crippen LogP) is 2.74. The summed E-state index contributed by atoms with van der Waals surface area (Å²) in [6, 6.07) is 15.8. The fourth-order valence-electron chi connectivity index (χ4n) is 3.60. The van der Waals surface area contributed by atoms with Gasteiger partial charge in [0.25, 0.3) is 0 Å². The Morgan fingerprint density at radius 1 is 1.17 bits per heavy atom. The largest absolute Gasteiger partial charge is 0.497 e. The number of rotatable bonds is 2. The number of ether oxygens (including phenoxy) is 1. The second-order valence-corrected chi connectivity index (χ2v) is 5.85. The maximum atomic E-state index is 12.7. The normalized spacial score (nSPS) is 22.8. The quantitative estimate of drug-likeness (QED) is 0.897. The topological polar surface area (TPSA) is 53.6 Å². The number of methoxy groups -OCH3 is 1. The van der Waals surface area contributed by atoms with Gasteiger partial charge in [0, 0.05) is 17.8 Å². The number of anilines is 1. The van der Waals surface area contributed by atoms with Gasteiger partial charge in [-0.1, -0.05) is 30.3 Å². The third kappa shape index (κ3) is 2.00. The number of benzene rings is 2. The minimum absolute atomic E-state index is 0.0706. The lowest BCUT2D eigenvalue weighted by Gasteiger charge is -2.51. The summed E-state index contributed by atoms with van der Waals surface area (Å²) in [5.74, 6) is 0.780. The van der Waals surface area contributed by atoms with E-state index < -0.39 is 5.66 Å². The fourth-order valence-corrected chi connectivity index (χ4v) is 3.60. The molecule has 0 radical (unpaired) electrons. The van der Waals surface area contributed by atoms with Crippen LogP contribution < -0.4 is 15.4 Å². The van der Waals surface area contributed by atoms with Crippen LogP contribution >= 0.6 is 0 Å². The van der Waals surface area contributed by atoms with Gasteiger partial charge in [-0.2, -0.15) is 0 Å². The van der Waals surface area contributed by atoms with Crippen molar-refractivity contribution in [2.75, 3.05) is 25.5 Å². The van der Waals surface area contributed by atoms with E-state index in [0.29, 0.717) is 6.54 Å². The average Bonchev–Trinajstić information content (AvgIpc) is 2.62. The van der Waals surface area contributed by atoms with Crippen LogP contribution in [-0.4, -0.2) is 31.1 Å². The van der Waals surface area contributed by atoms with E-state index in [1.807, 2.05) is 41.3 Å². The van der Waals surface area contributed by atoms with Crippen LogP contribution in [0.1, 0.15) is 17.5 Å². The first-order chi connectivity index (χ1) is 11.3. The lowest BCUT2D eigenvalue weighted by atomic mass is 9.85. The maximum absolute atomic E-state index is 12.7. The van der Waals surface area contributed by atoms with Gasteiger partial charge < -0.3 is 10.1 Å². The summed E-state index contributed by atoms with van der Waals surface area (Å²) in [7, 11) is 1.66. The number of amides is 2. The Morgan fingerprint density at radius 2 is 2.00 bits per heavy atom. The monoisotopic (exact) mass is 309 g/mol. The Balaban J connectivity index is 2.00. The minimum atomic E-state index is -0.647. The highest BCUT2D eigenvalue weighted by atomic mass is 16.5. The van der Waals surface area contributed by atoms with E-state index in [9.17, 15) is 4.79 Å². The molecule has 1 atom stereocenters. The Hall–Kier alpha value is -2.53. The molecule has 1 saturated heterocycles. The molecule has 0 spiro atoms. The van der Waals surface area contributed by atoms with Crippen LogP contribution in [-0.2, 0) is 5.66 Å². The molecule has 0 aliphatic carbocycles. The molecule has 2 aromatic carbocycles. The van der Waals surface area contributed by atoms with E-state index in [4.69, 9.17) is 4.74 Å². The van der Waals surface area contributed by atoms with Gasteiger partial charge in [-0.05, 0) is 36.7 Å². The molecule has 0 saturated carbocycles. The maximum Gasteiger partial charge on any atom is 0.323 e. The van der Waals surface area contributed by atoms with E-state index in [-0.39, 0.29) is 6.03 Å². The number of hydrogen-bond acceptors (Lipinski definition) is 3. The summed E-state index contributed by atoms with van der Waals surface area (Å²) < 4.78 is 5.41. The van der Waals surface area contributed by atoms with E-state index in [0.717, 1.165) is 35.5 Å². The molecule has 2 aromatic rings. The number of carbonyl (C=O) groups excluding carboxylic acids is 1. The zero-order valence-corrected chi connectivity index (χ0v) is 13.0. The second-order valence-electron chi connectivity index (χ2n) is 5.85. The van der Waals surface area contributed by atoms with Crippen molar-refractivity contribution in [3.63, 3.8) is 0 Å². The molecule has 1 fully saturated rings. The highest BCUT2D eigenvalue weighted by molar-refractivity contribution is 5.94. The van der Waals surface area contributed by atoms with Gasteiger partial charge in [0.15, 0.2) is 0 Å². The summed E-state index contributed by atoms with van der Waals surface area (Å²) in [4.78, 5) is 14.6. The molecule has 5 heteroatoms. The lowest BCUT2D eigenvalue weighted by molar-refractivity contribution is 0.0901. The molecule has 0 bridgehead atoms. The van der Waals surface area contributed by atoms with Crippen LogP contribution in [0, 0.1) is 0 Å². The number of hydrogen-bond donors (Lipinski definition) is 2. The predicted molar refractivity (Wildman–Crippen MR) is 88.6 cm³/mol. The summed E-state index contributed by atoms with van der Waals surface area (Å²) in [5.41, 5.74) is 2.25. The zero-order chi connectivity index (χ0) is 15.9. The van der Waals surface area contributed by atoms with Crippen molar-refractivity contribution >= 4 is 11.7 Å². The lowest BCUT2D eigenvalue weighted by Crippen LogP contribution is -2.65. The van der Waals surface area contributed by atoms with E-state index in [1.54, 1.807) is 7.11 Å². The molecule has 0 aromatic heterocycles. The molecule has 2 aliphatic heterocycles. The number of carbonyl (C=O) groups is 1. The first-order valence-electron chi connectivity index (χ1n) is 7.83. The van der Waals surface area contributed by atoms with Gasteiger partial charge in [-0.15, -0.1) is 0 Å². The van der Waals surface area contributed by atoms with Gasteiger partial charge in [0.1, 0.15) is 11.4 Å². The number of nitrogens with zero attached hydrogens (tertiary/aromatic N) is 1. The smallest absolute Gasteiger partial charge is 0.323 e. The van der Waals surface area contributed by atoms with Crippen molar-refractivity contribution in [2.24, 2.45) is 0 Å². The molecule has 2 aliphatic rings. The van der Waals surface area contributed by atoms with Gasteiger partial charge in [-0.25, -0.2) is 4.79 Å². The Labute approximate surface area is 135 Å². The average molecular weight is 309 g/mol. The molecule has 118 valence electrons. The fraction of sp³-hybridized carbons (Fsp3) is 0.278. The van der Waals surface area contributed by atoms with Crippen molar-refractivity contribution in [3.05, 3.63) is 59.7 Å². The van der Waals surface area contributed by atoms with Gasteiger partial charge in [0.2, 0.25) is 0 Å². The van der Waals surface area contributed by atoms with Gasteiger partial charge >= 0.3 is 6.03 Å². The van der Waals surface area contributed by atoms with Gasteiger partial charge in [-0.3, -0.25) is 10.2 Å². The van der Waals surface area contributed by atoms with Crippen LogP contribution in [0.25, 0.3) is 0 Å². The standard InChI is InChI=1S/C18H19N3O2/c1-23-14-8-9-16-15(12-14)18(13-6-3-2-4-7-13)19-10-5-11-21(18)17(22)20-16/h2-4,6-9,12,19H,5,10-11H2,1H3,(H,20,22). The summed E-state index contributed by atoms with van der Waals surface area (Å²) in [5, 5.41) is 6.59. The third-order valence-corrected chi connectivity index (χ3v) is 4.64. The van der Waals surface area contributed by atoms with Crippen molar-refractivity contribution in [3.8, 4) is 5.75 Å². The number of urea groups is 1. The molecule has 4 rings (SSSR count). The van der Waals surface area contributed by atoms with Crippen LogP contribution in [0.4, 0.5) is 10.5 Å². The molecular weight excluding hydrogens is 290 g/mol.